The summed E-state index contributed by atoms with van der Waals surface area (Å²) in [6.45, 7) is 3.46. The molecule has 1 aromatic carbocycles. The Morgan fingerprint density at radius 2 is 2.16 bits per heavy atom. The van der Waals surface area contributed by atoms with Gasteiger partial charge in [0, 0.05) is 24.7 Å². The Morgan fingerprint density at radius 3 is 2.84 bits per heavy atom. The van der Waals surface area contributed by atoms with E-state index in [-0.39, 0.29) is 5.91 Å². The highest BCUT2D eigenvalue weighted by atomic mass is 16.4. The maximum atomic E-state index is 11.6. The molecule has 5 heteroatoms. The first-order valence-electron chi connectivity index (χ1n) is 6.13. The molecule has 0 unspecified atom stereocenters. The summed E-state index contributed by atoms with van der Waals surface area (Å²) in [7, 11) is 0. The summed E-state index contributed by atoms with van der Waals surface area (Å²) in [6.07, 6.45) is 2.95. The minimum absolute atomic E-state index is 0.0692. The van der Waals surface area contributed by atoms with Crippen molar-refractivity contribution in [3.63, 3.8) is 0 Å². The Balaban J connectivity index is 2.56. The molecule has 0 saturated heterocycles. The van der Waals surface area contributed by atoms with E-state index >= 15 is 0 Å². The third kappa shape index (κ3) is 6.38. The molecule has 0 aliphatic carbocycles. The van der Waals surface area contributed by atoms with E-state index < -0.39 is 5.97 Å². The van der Waals surface area contributed by atoms with E-state index in [2.05, 4.69) is 10.6 Å². The van der Waals surface area contributed by atoms with Gasteiger partial charge in [-0.25, -0.2) is 4.79 Å². The molecule has 0 saturated carbocycles. The molecule has 0 heterocycles. The summed E-state index contributed by atoms with van der Waals surface area (Å²) in [4.78, 5) is 22.0. The minimum atomic E-state index is -1.000. The Morgan fingerprint density at radius 1 is 1.37 bits per heavy atom. The summed E-state index contributed by atoms with van der Waals surface area (Å²) in [6, 6.07) is 7.03. The smallest absolute Gasteiger partial charge is 0.328 e. The molecule has 0 aliphatic rings. The fourth-order valence-corrected chi connectivity index (χ4v) is 1.49. The normalized spacial score (nSPS) is 10.6. The molecule has 102 valence electrons. The van der Waals surface area contributed by atoms with Crippen molar-refractivity contribution in [2.75, 3.05) is 18.4 Å². The van der Waals surface area contributed by atoms with Gasteiger partial charge in [0.2, 0.25) is 5.91 Å². The molecule has 0 aromatic heterocycles. The van der Waals surface area contributed by atoms with Crippen LogP contribution in [0.4, 0.5) is 5.69 Å². The van der Waals surface area contributed by atoms with Gasteiger partial charge >= 0.3 is 5.97 Å². The van der Waals surface area contributed by atoms with E-state index in [4.69, 9.17) is 5.11 Å². The van der Waals surface area contributed by atoms with Crippen molar-refractivity contribution in [1.82, 2.24) is 5.32 Å². The third-order valence-electron chi connectivity index (χ3n) is 2.37. The lowest BCUT2D eigenvalue weighted by Gasteiger charge is -2.06. The van der Waals surface area contributed by atoms with E-state index in [1.54, 1.807) is 24.3 Å². The zero-order valence-electron chi connectivity index (χ0n) is 10.8. The average Bonchev–Trinajstić information content (AvgIpc) is 2.37. The van der Waals surface area contributed by atoms with Crippen LogP contribution in [0.25, 0.3) is 6.08 Å². The van der Waals surface area contributed by atoms with Crippen molar-refractivity contribution >= 4 is 23.6 Å². The van der Waals surface area contributed by atoms with Crippen molar-refractivity contribution in [3.8, 4) is 0 Å². The van der Waals surface area contributed by atoms with Gasteiger partial charge in [-0.3, -0.25) is 4.79 Å². The number of anilines is 1. The molecule has 0 aliphatic heterocycles. The van der Waals surface area contributed by atoms with Crippen LogP contribution in [0, 0.1) is 0 Å². The number of carboxylic acid groups (broad SMARTS) is 1. The van der Waals surface area contributed by atoms with Crippen LogP contribution in [0.5, 0.6) is 0 Å². The largest absolute Gasteiger partial charge is 0.478 e. The number of amides is 1. The van der Waals surface area contributed by atoms with Gasteiger partial charge in [0.15, 0.2) is 0 Å². The fraction of sp³-hybridized carbons (Fsp3) is 0.286. The monoisotopic (exact) mass is 262 g/mol. The number of carbonyl (C=O) groups excluding carboxylic acids is 1. The van der Waals surface area contributed by atoms with Gasteiger partial charge in [0.05, 0.1) is 0 Å². The number of aliphatic carboxylic acids is 1. The Bertz CT molecular complexity index is 470. The number of hydrogen-bond acceptors (Lipinski definition) is 3. The van der Waals surface area contributed by atoms with Crippen molar-refractivity contribution in [2.24, 2.45) is 0 Å². The van der Waals surface area contributed by atoms with E-state index in [1.165, 1.54) is 6.08 Å². The number of rotatable bonds is 7. The molecule has 0 radical (unpaired) electrons. The highest BCUT2D eigenvalue weighted by molar-refractivity contribution is 5.91. The van der Waals surface area contributed by atoms with Gasteiger partial charge in [-0.15, -0.1) is 0 Å². The second-order valence-electron chi connectivity index (χ2n) is 3.95. The predicted molar refractivity (Wildman–Crippen MR) is 74.9 cm³/mol. The number of carbonyl (C=O) groups is 2. The molecule has 1 aromatic rings. The van der Waals surface area contributed by atoms with Crippen molar-refractivity contribution in [1.29, 1.82) is 0 Å². The van der Waals surface area contributed by atoms with Crippen LogP contribution in [0.3, 0.4) is 0 Å². The predicted octanol–water partition coefficient (Wildman–Crippen LogP) is 1.72. The second-order valence-corrected chi connectivity index (χ2v) is 3.95. The summed E-state index contributed by atoms with van der Waals surface area (Å²) in [5.74, 6) is -1.07. The van der Waals surface area contributed by atoms with Crippen LogP contribution in [-0.4, -0.2) is 30.1 Å². The van der Waals surface area contributed by atoms with Crippen LogP contribution in [-0.2, 0) is 9.59 Å². The van der Waals surface area contributed by atoms with Gasteiger partial charge in [0.25, 0.3) is 0 Å². The highest BCUT2D eigenvalue weighted by Gasteiger charge is 2.01. The first-order valence-corrected chi connectivity index (χ1v) is 6.13. The van der Waals surface area contributed by atoms with Crippen LogP contribution < -0.4 is 10.6 Å². The first-order chi connectivity index (χ1) is 9.11. The van der Waals surface area contributed by atoms with E-state index in [0.717, 1.165) is 18.2 Å². The van der Waals surface area contributed by atoms with Crippen LogP contribution in [0.15, 0.2) is 30.3 Å². The Labute approximate surface area is 112 Å². The van der Waals surface area contributed by atoms with E-state index in [9.17, 15) is 9.59 Å². The quantitative estimate of drug-likeness (QED) is 0.516. The maximum absolute atomic E-state index is 11.6. The molecule has 0 bridgehead atoms. The zero-order chi connectivity index (χ0) is 14.1. The number of hydrogen-bond donors (Lipinski definition) is 3. The molecule has 1 amide bonds. The Hall–Kier alpha value is -2.14. The Kier molecular flexibility index (Phi) is 6.32. The molecule has 0 fully saturated rings. The molecular formula is C14H18N2O3. The topological polar surface area (TPSA) is 78.4 Å². The van der Waals surface area contributed by atoms with Crippen molar-refractivity contribution in [2.45, 2.75) is 13.3 Å². The van der Waals surface area contributed by atoms with Crippen LogP contribution in [0.2, 0.25) is 0 Å². The number of nitrogens with one attached hydrogen (secondary N) is 2. The maximum Gasteiger partial charge on any atom is 0.328 e. The molecular weight excluding hydrogens is 244 g/mol. The van der Waals surface area contributed by atoms with E-state index in [0.29, 0.717) is 18.7 Å². The van der Waals surface area contributed by atoms with Gasteiger partial charge in [-0.05, 0) is 30.3 Å². The summed E-state index contributed by atoms with van der Waals surface area (Å²) in [5.41, 5.74) is 1.39. The van der Waals surface area contributed by atoms with Gasteiger partial charge < -0.3 is 15.7 Å². The van der Waals surface area contributed by atoms with Gasteiger partial charge in [0.1, 0.15) is 0 Å². The lowest BCUT2D eigenvalue weighted by atomic mass is 10.2. The first kappa shape index (κ1) is 14.9. The molecule has 1 rings (SSSR count). The highest BCUT2D eigenvalue weighted by Crippen LogP contribution is 2.12. The van der Waals surface area contributed by atoms with Crippen LogP contribution in [0.1, 0.15) is 18.9 Å². The summed E-state index contributed by atoms with van der Waals surface area (Å²) < 4.78 is 0. The number of carboxylic acids is 1. The number of benzene rings is 1. The van der Waals surface area contributed by atoms with Crippen molar-refractivity contribution < 1.29 is 14.7 Å². The molecule has 0 spiro atoms. The second kappa shape index (κ2) is 8.05. The molecule has 19 heavy (non-hydrogen) atoms. The average molecular weight is 262 g/mol. The minimum Gasteiger partial charge on any atom is -0.478 e. The lowest BCUT2D eigenvalue weighted by molar-refractivity contribution is -0.131. The standard InChI is InChI=1S/C14H18N2O3/c1-2-15-9-8-13(17)16-12-5-3-4-11(10-12)6-7-14(18)19/h3-7,10,15H,2,8-9H2,1H3,(H,16,17)(H,18,19)/b7-6+. The summed E-state index contributed by atoms with van der Waals surface area (Å²) in [5, 5.41) is 14.4. The van der Waals surface area contributed by atoms with Gasteiger partial charge in [-0.2, -0.15) is 0 Å². The lowest BCUT2D eigenvalue weighted by Crippen LogP contribution is -2.21. The van der Waals surface area contributed by atoms with Crippen LogP contribution >= 0.6 is 0 Å². The van der Waals surface area contributed by atoms with E-state index in [1.807, 2.05) is 6.92 Å². The van der Waals surface area contributed by atoms with Gasteiger partial charge in [-0.1, -0.05) is 19.1 Å². The molecule has 5 nitrogen and oxygen atoms in total. The van der Waals surface area contributed by atoms with Crippen molar-refractivity contribution in [3.05, 3.63) is 35.9 Å². The summed E-state index contributed by atoms with van der Waals surface area (Å²) >= 11 is 0. The SMILES string of the molecule is CCNCCC(=O)Nc1cccc(/C=C/C(=O)O)c1. The third-order valence-corrected chi connectivity index (χ3v) is 2.37. The zero-order valence-corrected chi connectivity index (χ0v) is 10.8. The molecule has 0 atom stereocenters. The fourth-order valence-electron chi connectivity index (χ4n) is 1.49. The molecule has 3 N–H and O–H groups in total.